The third-order valence-electron chi connectivity index (χ3n) is 1.41. The first kappa shape index (κ1) is 9.50. The number of carboxylic acids is 1. The molecule has 12 heavy (non-hydrogen) atoms. The van der Waals surface area contributed by atoms with Crippen molar-refractivity contribution in [2.75, 3.05) is 6.67 Å². The molecule has 1 heterocycles. The summed E-state index contributed by atoms with van der Waals surface area (Å²) in [7, 11) is 0. The van der Waals surface area contributed by atoms with Crippen LogP contribution in [0.15, 0.2) is 12.3 Å². The number of aryl methyl sites for hydroxylation is 1. The molecule has 0 amide bonds. The molecule has 0 aliphatic rings. The number of aromatic nitrogens is 1. The molecule has 0 bridgehead atoms. The first-order chi connectivity index (χ1) is 5.65. The number of carbonyl (C=O) groups is 1. The van der Waals surface area contributed by atoms with E-state index in [9.17, 15) is 9.18 Å². The minimum atomic E-state index is -1.02. The molecule has 0 radical (unpaired) electrons. The highest BCUT2D eigenvalue weighted by Crippen LogP contribution is 2.11. The summed E-state index contributed by atoms with van der Waals surface area (Å²) in [5.41, 5.74) is 0.136. The van der Waals surface area contributed by atoms with Crippen LogP contribution in [0.25, 0.3) is 0 Å². The van der Waals surface area contributed by atoms with Crippen LogP contribution in [0.2, 0.25) is 0 Å². The lowest BCUT2D eigenvalue weighted by molar-refractivity contribution is 0.0684. The molecule has 0 fully saturated rings. The van der Waals surface area contributed by atoms with Gasteiger partial charge in [0.25, 0.3) is 0 Å². The van der Waals surface area contributed by atoms with Crippen molar-refractivity contribution in [1.82, 2.24) is 4.57 Å². The van der Waals surface area contributed by atoms with Gasteiger partial charge in [0.15, 0.2) is 0 Å². The fourth-order valence-corrected chi connectivity index (χ4v) is 1.56. The van der Waals surface area contributed by atoms with Gasteiger partial charge in [0.1, 0.15) is 12.4 Å². The van der Waals surface area contributed by atoms with E-state index in [0.717, 1.165) is 3.57 Å². The second-order valence-electron chi connectivity index (χ2n) is 2.23. The number of hydrogen-bond donors (Lipinski definition) is 1. The van der Waals surface area contributed by atoms with Crippen molar-refractivity contribution in [3.05, 3.63) is 21.5 Å². The summed E-state index contributed by atoms with van der Waals surface area (Å²) in [6, 6.07) is 1.51. The molecule has 0 aromatic carbocycles. The molecule has 66 valence electrons. The number of aromatic carboxylic acids is 1. The normalized spacial score (nSPS) is 10.2. The van der Waals surface area contributed by atoms with Crippen molar-refractivity contribution in [3.63, 3.8) is 0 Å². The summed E-state index contributed by atoms with van der Waals surface area (Å²) in [6.45, 7) is -0.449. The number of alkyl halides is 1. The van der Waals surface area contributed by atoms with E-state index >= 15 is 0 Å². The van der Waals surface area contributed by atoms with Gasteiger partial charge in [-0.2, -0.15) is 0 Å². The Kier molecular flexibility index (Phi) is 3.07. The molecule has 0 aliphatic carbocycles. The highest BCUT2D eigenvalue weighted by Gasteiger charge is 2.10. The summed E-state index contributed by atoms with van der Waals surface area (Å²) in [6.07, 6.45) is 1.61. The monoisotopic (exact) mass is 283 g/mol. The average Bonchev–Trinajstić information content (AvgIpc) is 2.32. The van der Waals surface area contributed by atoms with Crippen LogP contribution in [0, 0.1) is 3.57 Å². The number of halogens is 2. The van der Waals surface area contributed by atoms with E-state index in [-0.39, 0.29) is 12.2 Å². The molecule has 1 aromatic rings. The van der Waals surface area contributed by atoms with E-state index in [1.54, 1.807) is 6.20 Å². The smallest absolute Gasteiger partial charge is 0.352 e. The minimum Gasteiger partial charge on any atom is -0.477 e. The van der Waals surface area contributed by atoms with Crippen LogP contribution < -0.4 is 0 Å². The second kappa shape index (κ2) is 3.88. The number of carboxylic acid groups (broad SMARTS) is 1. The van der Waals surface area contributed by atoms with Gasteiger partial charge >= 0.3 is 5.97 Å². The fraction of sp³-hybridized carbons (Fsp3) is 0.286. The largest absolute Gasteiger partial charge is 0.477 e. The van der Waals surface area contributed by atoms with Crippen LogP contribution in [-0.4, -0.2) is 22.3 Å². The van der Waals surface area contributed by atoms with Crippen molar-refractivity contribution in [3.8, 4) is 0 Å². The predicted molar refractivity (Wildman–Crippen MR) is 50.1 cm³/mol. The molecule has 1 rings (SSSR count). The van der Waals surface area contributed by atoms with Gasteiger partial charge in [0.05, 0.1) is 6.54 Å². The van der Waals surface area contributed by atoms with E-state index in [2.05, 4.69) is 0 Å². The Balaban J connectivity index is 2.99. The zero-order chi connectivity index (χ0) is 9.14. The lowest BCUT2D eigenvalue weighted by atomic mass is 10.4. The van der Waals surface area contributed by atoms with Gasteiger partial charge in [0, 0.05) is 9.77 Å². The highest BCUT2D eigenvalue weighted by atomic mass is 127. The molecule has 1 aromatic heterocycles. The predicted octanol–water partition coefficient (Wildman–Crippen LogP) is 1.76. The maximum Gasteiger partial charge on any atom is 0.352 e. The molecular weight excluding hydrogens is 276 g/mol. The fourth-order valence-electron chi connectivity index (χ4n) is 0.930. The Hall–Kier alpha value is -0.590. The van der Waals surface area contributed by atoms with Crippen LogP contribution in [0.3, 0.4) is 0 Å². The van der Waals surface area contributed by atoms with Crippen LogP contribution >= 0.6 is 22.6 Å². The van der Waals surface area contributed by atoms with Crippen molar-refractivity contribution >= 4 is 28.6 Å². The molecule has 3 nitrogen and oxygen atoms in total. The first-order valence-corrected chi connectivity index (χ1v) is 4.38. The van der Waals surface area contributed by atoms with E-state index in [4.69, 9.17) is 5.11 Å². The lowest BCUT2D eigenvalue weighted by Crippen LogP contribution is -2.08. The Morgan fingerprint density at radius 1 is 1.75 bits per heavy atom. The molecule has 0 saturated carbocycles. The van der Waals surface area contributed by atoms with Crippen molar-refractivity contribution in [2.24, 2.45) is 0 Å². The Bertz CT molecular complexity index is 298. The van der Waals surface area contributed by atoms with Gasteiger partial charge in [-0.3, -0.25) is 0 Å². The van der Waals surface area contributed by atoms with Gasteiger partial charge < -0.3 is 9.67 Å². The highest BCUT2D eigenvalue weighted by molar-refractivity contribution is 14.1. The van der Waals surface area contributed by atoms with E-state index < -0.39 is 12.6 Å². The number of rotatable bonds is 3. The summed E-state index contributed by atoms with van der Waals surface area (Å²) in [5.74, 6) is -1.02. The topological polar surface area (TPSA) is 42.2 Å². The zero-order valence-corrected chi connectivity index (χ0v) is 8.29. The van der Waals surface area contributed by atoms with Crippen LogP contribution in [0.5, 0.6) is 0 Å². The molecule has 5 heteroatoms. The lowest BCUT2D eigenvalue weighted by Gasteiger charge is -2.00. The van der Waals surface area contributed by atoms with Crippen LogP contribution in [0.4, 0.5) is 4.39 Å². The van der Waals surface area contributed by atoms with Crippen molar-refractivity contribution < 1.29 is 14.3 Å². The third-order valence-corrected chi connectivity index (χ3v) is 2.00. The first-order valence-electron chi connectivity index (χ1n) is 3.30. The van der Waals surface area contributed by atoms with E-state index in [1.807, 2.05) is 22.6 Å². The van der Waals surface area contributed by atoms with Crippen molar-refractivity contribution in [2.45, 2.75) is 6.54 Å². The summed E-state index contributed by atoms with van der Waals surface area (Å²) in [5, 5.41) is 8.66. The molecule has 1 N–H and O–H groups in total. The van der Waals surface area contributed by atoms with E-state index in [0.29, 0.717) is 0 Å². The third kappa shape index (κ3) is 1.96. The Morgan fingerprint density at radius 2 is 2.42 bits per heavy atom. The molecule has 0 atom stereocenters. The summed E-state index contributed by atoms with van der Waals surface area (Å²) < 4.78 is 14.1. The standard InChI is InChI=1S/C7H7FINO2/c8-1-2-10-4-5(9)3-6(10)7(11)12/h3-4H,1-2H2,(H,11,12). The summed E-state index contributed by atoms with van der Waals surface area (Å²) in [4.78, 5) is 10.6. The molecule has 0 saturated heterocycles. The molecule has 0 spiro atoms. The van der Waals surface area contributed by atoms with Gasteiger partial charge in [-0.15, -0.1) is 0 Å². The van der Waals surface area contributed by atoms with Gasteiger partial charge in [-0.05, 0) is 28.7 Å². The molecule has 0 aliphatic heterocycles. The summed E-state index contributed by atoms with van der Waals surface area (Å²) >= 11 is 1.99. The minimum absolute atomic E-state index is 0.102. The number of nitrogens with zero attached hydrogens (tertiary/aromatic N) is 1. The Labute approximate surface area is 82.3 Å². The SMILES string of the molecule is O=C(O)c1cc(I)cn1CCF. The zero-order valence-electron chi connectivity index (χ0n) is 6.13. The van der Waals surface area contributed by atoms with Gasteiger partial charge in [0.2, 0.25) is 0 Å². The van der Waals surface area contributed by atoms with Crippen LogP contribution in [0.1, 0.15) is 10.5 Å². The van der Waals surface area contributed by atoms with Gasteiger partial charge in [-0.25, -0.2) is 9.18 Å². The maximum atomic E-state index is 11.9. The van der Waals surface area contributed by atoms with Crippen LogP contribution in [-0.2, 0) is 6.54 Å². The molecular formula is C7H7FINO2. The van der Waals surface area contributed by atoms with Gasteiger partial charge in [-0.1, -0.05) is 0 Å². The maximum absolute atomic E-state index is 11.9. The molecule has 0 unspecified atom stereocenters. The second-order valence-corrected chi connectivity index (χ2v) is 3.48. The van der Waals surface area contributed by atoms with E-state index in [1.165, 1.54) is 10.6 Å². The quantitative estimate of drug-likeness (QED) is 0.859. The number of hydrogen-bond acceptors (Lipinski definition) is 1. The Morgan fingerprint density at radius 3 is 2.92 bits per heavy atom. The average molecular weight is 283 g/mol. The van der Waals surface area contributed by atoms with Crippen molar-refractivity contribution in [1.29, 1.82) is 0 Å².